The van der Waals surface area contributed by atoms with Crippen LogP contribution in [0.15, 0.2) is 36.8 Å². The lowest BCUT2D eigenvalue weighted by Gasteiger charge is -2.03. The number of nitrogens with zero attached hydrogens (tertiary/aromatic N) is 3. The lowest BCUT2D eigenvalue weighted by Crippen LogP contribution is -1.91. The van der Waals surface area contributed by atoms with Crippen molar-refractivity contribution in [1.29, 1.82) is 0 Å². The van der Waals surface area contributed by atoms with E-state index in [9.17, 15) is 10.1 Å². The Morgan fingerprint density at radius 2 is 2.12 bits per heavy atom. The van der Waals surface area contributed by atoms with Gasteiger partial charge in [-0.3, -0.25) is 15.1 Å². The fraction of sp³-hybridized carbons (Fsp3) is 0. The molecule has 2 aromatic rings. The molecule has 0 saturated heterocycles. The van der Waals surface area contributed by atoms with E-state index in [1.165, 1.54) is 36.8 Å². The molecule has 1 aromatic heterocycles. The fourth-order valence-corrected chi connectivity index (χ4v) is 1.39. The second-order valence-electron chi connectivity index (χ2n) is 3.05. The molecule has 0 bridgehead atoms. The number of nitro benzene ring substituents is 1. The zero-order chi connectivity index (χ0) is 12.3. The Morgan fingerprint density at radius 1 is 1.29 bits per heavy atom. The van der Waals surface area contributed by atoms with Gasteiger partial charge in [0.05, 0.1) is 22.2 Å². The molecule has 0 N–H and O–H groups in total. The molecule has 0 atom stereocenters. The van der Waals surface area contributed by atoms with Gasteiger partial charge in [0.2, 0.25) is 5.88 Å². The van der Waals surface area contributed by atoms with E-state index in [2.05, 4.69) is 9.97 Å². The monoisotopic (exact) mass is 251 g/mol. The highest BCUT2D eigenvalue weighted by atomic mass is 35.5. The van der Waals surface area contributed by atoms with Gasteiger partial charge in [-0.15, -0.1) is 0 Å². The molecule has 0 amide bonds. The third-order valence-corrected chi connectivity index (χ3v) is 2.05. The maximum Gasteiger partial charge on any atom is 0.274 e. The number of ether oxygens (including phenoxy) is 1. The summed E-state index contributed by atoms with van der Waals surface area (Å²) < 4.78 is 5.29. The van der Waals surface area contributed by atoms with Crippen LogP contribution in [0.5, 0.6) is 11.6 Å². The Bertz CT molecular complexity index is 548. The second kappa shape index (κ2) is 4.75. The van der Waals surface area contributed by atoms with Gasteiger partial charge in [-0.05, 0) is 6.07 Å². The molecule has 0 saturated carbocycles. The van der Waals surface area contributed by atoms with E-state index in [0.29, 0.717) is 0 Å². The standard InChI is InChI=1S/C10H6ClN3O3/c11-7-3-8(14(15)16)5-9(4-7)17-10-6-12-1-2-13-10/h1-6H. The van der Waals surface area contributed by atoms with E-state index < -0.39 is 4.92 Å². The van der Waals surface area contributed by atoms with Crippen molar-refractivity contribution < 1.29 is 9.66 Å². The Morgan fingerprint density at radius 3 is 2.76 bits per heavy atom. The van der Waals surface area contributed by atoms with Crippen LogP contribution < -0.4 is 4.74 Å². The van der Waals surface area contributed by atoms with Crippen LogP contribution in [-0.4, -0.2) is 14.9 Å². The van der Waals surface area contributed by atoms with Crippen molar-refractivity contribution in [2.24, 2.45) is 0 Å². The number of non-ortho nitro benzene ring substituents is 1. The topological polar surface area (TPSA) is 78.2 Å². The van der Waals surface area contributed by atoms with E-state index >= 15 is 0 Å². The summed E-state index contributed by atoms with van der Waals surface area (Å²) in [5.74, 6) is 0.480. The first kappa shape index (κ1) is 11.3. The summed E-state index contributed by atoms with van der Waals surface area (Å²) in [7, 11) is 0. The Labute approximate surface area is 101 Å². The number of hydrogen-bond acceptors (Lipinski definition) is 5. The summed E-state index contributed by atoms with van der Waals surface area (Å²) in [6.45, 7) is 0. The molecule has 0 radical (unpaired) electrons. The highest BCUT2D eigenvalue weighted by molar-refractivity contribution is 6.30. The lowest BCUT2D eigenvalue weighted by molar-refractivity contribution is -0.384. The molecule has 1 heterocycles. The van der Waals surface area contributed by atoms with Crippen LogP contribution in [0.1, 0.15) is 0 Å². The molecule has 1 aromatic carbocycles. The smallest absolute Gasteiger partial charge is 0.274 e. The van der Waals surface area contributed by atoms with Crippen LogP contribution >= 0.6 is 11.6 Å². The summed E-state index contributed by atoms with van der Waals surface area (Å²) in [5.41, 5.74) is -0.142. The van der Waals surface area contributed by atoms with Gasteiger partial charge < -0.3 is 4.74 Å². The van der Waals surface area contributed by atoms with Crippen LogP contribution in [0.4, 0.5) is 5.69 Å². The van der Waals surface area contributed by atoms with Gasteiger partial charge in [0.1, 0.15) is 5.75 Å². The average Bonchev–Trinajstić information content (AvgIpc) is 2.29. The highest BCUT2D eigenvalue weighted by Crippen LogP contribution is 2.28. The minimum atomic E-state index is -0.546. The van der Waals surface area contributed by atoms with Crippen LogP contribution in [0.3, 0.4) is 0 Å². The van der Waals surface area contributed by atoms with Crippen LogP contribution in [0.2, 0.25) is 5.02 Å². The predicted molar refractivity (Wildman–Crippen MR) is 60.2 cm³/mol. The lowest BCUT2D eigenvalue weighted by atomic mass is 10.3. The number of rotatable bonds is 3. The quantitative estimate of drug-likeness (QED) is 0.619. The van der Waals surface area contributed by atoms with E-state index in [4.69, 9.17) is 16.3 Å². The molecule has 6 nitrogen and oxygen atoms in total. The molecule has 0 unspecified atom stereocenters. The van der Waals surface area contributed by atoms with Crippen molar-refractivity contribution in [2.75, 3.05) is 0 Å². The first-order valence-electron chi connectivity index (χ1n) is 4.54. The van der Waals surface area contributed by atoms with Gasteiger partial charge in [-0.2, -0.15) is 0 Å². The average molecular weight is 252 g/mol. The van der Waals surface area contributed by atoms with Crippen LogP contribution in [-0.2, 0) is 0 Å². The first-order chi connectivity index (χ1) is 8.15. The predicted octanol–water partition coefficient (Wildman–Crippen LogP) is 2.83. The minimum absolute atomic E-state index is 0.142. The molecule has 7 heteroatoms. The summed E-state index contributed by atoms with van der Waals surface area (Å²) in [6.07, 6.45) is 4.34. The summed E-state index contributed by atoms with van der Waals surface area (Å²) in [4.78, 5) is 17.8. The molecule has 86 valence electrons. The SMILES string of the molecule is O=[N+]([O-])c1cc(Cl)cc(Oc2cnccn2)c1. The van der Waals surface area contributed by atoms with Crippen molar-refractivity contribution in [3.05, 3.63) is 51.9 Å². The maximum atomic E-state index is 10.6. The van der Waals surface area contributed by atoms with E-state index in [-0.39, 0.29) is 22.3 Å². The van der Waals surface area contributed by atoms with Gasteiger partial charge in [-0.1, -0.05) is 11.6 Å². The van der Waals surface area contributed by atoms with Gasteiger partial charge in [0.15, 0.2) is 0 Å². The van der Waals surface area contributed by atoms with Gasteiger partial charge in [0.25, 0.3) is 5.69 Å². The minimum Gasteiger partial charge on any atom is -0.437 e. The van der Waals surface area contributed by atoms with Gasteiger partial charge in [-0.25, -0.2) is 4.98 Å². The van der Waals surface area contributed by atoms with Crippen LogP contribution in [0, 0.1) is 10.1 Å². The molecule has 2 rings (SSSR count). The number of benzene rings is 1. The fourth-order valence-electron chi connectivity index (χ4n) is 1.17. The zero-order valence-electron chi connectivity index (χ0n) is 8.41. The van der Waals surface area contributed by atoms with Gasteiger partial charge >= 0.3 is 0 Å². The number of aromatic nitrogens is 2. The molecule has 0 fully saturated rings. The molecular weight excluding hydrogens is 246 g/mol. The van der Waals surface area contributed by atoms with Crippen molar-refractivity contribution in [3.8, 4) is 11.6 Å². The van der Waals surface area contributed by atoms with Crippen molar-refractivity contribution in [1.82, 2.24) is 9.97 Å². The number of nitro groups is 1. The molecule has 0 aliphatic rings. The third-order valence-electron chi connectivity index (χ3n) is 1.83. The van der Waals surface area contributed by atoms with E-state index in [0.717, 1.165) is 0 Å². The summed E-state index contributed by atoms with van der Waals surface area (Å²) in [6, 6.07) is 3.97. The molecule has 0 aliphatic carbocycles. The van der Waals surface area contributed by atoms with Gasteiger partial charge in [0, 0.05) is 18.5 Å². The third kappa shape index (κ3) is 2.88. The largest absolute Gasteiger partial charge is 0.437 e. The summed E-state index contributed by atoms with van der Waals surface area (Å²) in [5, 5.41) is 10.8. The highest BCUT2D eigenvalue weighted by Gasteiger charge is 2.10. The zero-order valence-corrected chi connectivity index (χ0v) is 9.16. The Hall–Kier alpha value is -2.21. The first-order valence-corrected chi connectivity index (χ1v) is 4.92. The van der Waals surface area contributed by atoms with Crippen molar-refractivity contribution in [3.63, 3.8) is 0 Å². The second-order valence-corrected chi connectivity index (χ2v) is 3.48. The normalized spacial score (nSPS) is 9.94. The molecule has 0 spiro atoms. The molecule has 0 aliphatic heterocycles. The number of halogens is 1. The van der Waals surface area contributed by atoms with Crippen molar-refractivity contribution >= 4 is 17.3 Å². The molecular formula is C10H6ClN3O3. The van der Waals surface area contributed by atoms with Crippen molar-refractivity contribution in [2.45, 2.75) is 0 Å². The summed E-state index contributed by atoms with van der Waals surface area (Å²) >= 11 is 5.74. The maximum absolute atomic E-state index is 10.6. The van der Waals surface area contributed by atoms with Crippen LogP contribution in [0.25, 0.3) is 0 Å². The number of hydrogen-bond donors (Lipinski definition) is 0. The Balaban J connectivity index is 2.30. The molecule has 17 heavy (non-hydrogen) atoms. The Kier molecular flexibility index (Phi) is 3.15. The van der Waals surface area contributed by atoms with E-state index in [1.807, 2.05) is 0 Å². The van der Waals surface area contributed by atoms with E-state index in [1.54, 1.807) is 0 Å².